The van der Waals surface area contributed by atoms with Gasteiger partial charge in [-0.25, -0.2) is 0 Å². The zero-order valence-electron chi connectivity index (χ0n) is 17.5. The molecule has 31 heavy (non-hydrogen) atoms. The third-order valence-corrected chi connectivity index (χ3v) is 4.88. The third kappa shape index (κ3) is 5.37. The Labute approximate surface area is 183 Å². The highest BCUT2D eigenvalue weighted by atomic mass is 16.5. The van der Waals surface area contributed by atoms with Crippen molar-refractivity contribution in [3.8, 4) is 29.4 Å². The fourth-order valence-corrected chi connectivity index (χ4v) is 3.35. The van der Waals surface area contributed by atoms with E-state index in [1.54, 1.807) is 7.11 Å². The maximum Gasteiger partial charge on any atom is 0.118 e. The van der Waals surface area contributed by atoms with Gasteiger partial charge in [0.2, 0.25) is 0 Å². The van der Waals surface area contributed by atoms with Crippen LogP contribution in [0, 0.1) is 23.7 Å². The standard InChI is InChI=1S/C28H23NO2/c1-30-26-17-15-23(16-18-26)11-7-19-31-20-8-12-25-22-29(21-24-9-3-2-4-10-24)28-14-6-5-13-27(25)28/h2-6,9-10,13-18,22H,19-21H2,1H3. The van der Waals surface area contributed by atoms with E-state index in [1.165, 1.54) is 11.1 Å². The lowest BCUT2D eigenvalue weighted by Crippen LogP contribution is -1.97. The summed E-state index contributed by atoms with van der Waals surface area (Å²) in [5.74, 6) is 13.3. The Kier molecular flexibility index (Phi) is 6.71. The van der Waals surface area contributed by atoms with Crippen molar-refractivity contribution in [1.29, 1.82) is 0 Å². The molecule has 0 N–H and O–H groups in total. The van der Waals surface area contributed by atoms with Crippen molar-refractivity contribution in [2.75, 3.05) is 20.3 Å². The second-order valence-corrected chi connectivity index (χ2v) is 7.00. The molecular weight excluding hydrogens is 382 g/mol. The van der Waals surface area contributed by atoms with Gasteiger partial charge in [-0.15, -0.1) is 0 Å². The highest BCUT2D eigenvalue weighted by molar-refractivity contribution is 5.86. The first kappa shape index (κ1) is 20.4. The molecule has 0 bridgehead atoms. The van der Waals surface area contributed by atoms with Gasteiger partial charge >= 0.3 is 0 Å². The molecule has 1 aromatic heterocycles. The summed E-state index contributed by atoms with van der Waals surface area (Å²) in [5.41, 5.74) is 4.39. The van der Waals surface area contributed by atoms with Gasteiger partial charge in [-0.1, -0.05) is 72.2 Å². The summed E-state index contributed by atoms with van der Waals surface area (Å²) in [6.45, 7) is 1.51. The summed E-state index contributed by atoms with van der Waals surface area (Å²) >= 11 is 0. The number of ether oxygens (including phenoxy) is 2. The molecule has 0 amide bonds. The zero-order valence-corrected chi connectivity index (χ0v) is 17.5. The Balaban J connectivity index is 1.38. The summed E-state index contributed by atoms with van der Waals surface area (Å²) in [4.78, 5) is 0. The second kappa shape index (κ2) is 10.2. The first-order chi connectivity index (χ1) is 15.3. The van der Waals surface area contributed by atoms with E-state index in [1.807, 2.05) is 36.4 Å². The number of hydrogen-bond donors (Lipinski definition) is 0. The summed E-state index contributed by atoms with van der Waals surface area (Å²) in [7, 11) is 1.65. The molecule has 4 rings (SSSR count). The molecule has 0 aliphatic heterocycles. The average Bonchev–Trinajstić information content (AvgIpc) is 3.17. The largest absolute Gasteiger partial charge is 0.497 e. The molecule has 0 spiro atoms. The molecular formula is C28H23NO2. The summed E-state index contributed by atoms with van der Waals surface area (Å²) in [5, 5.41) is 1.16. The normalized spacial score (nSPS) is 10.1. The number of fused-ring (bicyclic) bond motifs is 1. The average molecular weight is 405 g/mol. The van der Waals surface area contributed by atoms with Gasteiger partial charge in [0.25, 0.3) is 0 Å². The van der Waals surface area contributed by atoms with E-state index in [0.717, 1.165) is 28.8 Å². The van der Waals surface area contributed by atoms with E-state index in [4.69, 9.17) is 9.47 Å². The van der Waals surface area contributed by atoms with Gasteiger partial charge < -0.3 is 14.0 Å². The number of benzene rings is 3. The Morgan fingerprint density at radius 2 is 1.48 bits per heavy atom. The number of nitrogens with zero attached hydrogens (tertiary/aromatic N) is 1. The van der Waals surface area contributed by atoms with Gasteiger partial charge in [-0.05, 0) is 35.9 Å². The second-order valence-electron chi connectivity index (χ2n) is 7.00. The number of para-hydroxylation sites is 1. The molecule has 4 aromatic rings. The van der Waals surface area contributed by atoms with Crippen LogP contribution in [0.2, 0.25) is 0 Å². The molecule has 0 aliphatic carbocycles. The van der Waals surface area contributed by atoms with Gasteiger partial charge in [0.05, 0.1) is 12.7 Å². The molecule has 152 valence electrons. The lowest BCUT2D eigenvalue weighted by atomic mass is 10.2. The minimum atomic E-state index is 0.343. The van der Waals surface area contributed by atoms with Crippen LogP contribution in [0.5, 0.6) is 5.75 Å². The predicted octanol–water partition coefficient (Wildman–Crippen LogP) is 5.12. The van der Waals surface area contributed by atoms with E-state index in [0.29, 0.717) is 13.2 Å². The van der Waals surface area contributed by atoms with Crippen molar-refractivity contribution in [3.05, 3.63) is 102 Å². The number of hydrogen-bond acceptors (Lipinski definition) is 2. The SMILES string of the molecule is COc1ccc(C#CCOCC#Cc2cn(Cc3ccccc3)c3ccccc23)cc1. The van der Waals surface area contributed by atoms with Gasteiger partial charge in [-0.3, -0.25) is 0 Å². The van der Waals surface area contributed by atoms with Crippen LogP contribution in [0.4, 0.5) is 0 Å². The quantitative estimate of drug-likeness (QED) is 0.340. The Hall–Kier alpha value is -3.92. The first-order valence-electron chi connectivity index (χ1n) is 10.1. The van der Waals surface area contributed by atoms with E-state index in [9.17, 15) is 0 Å². The van der Waals surface area contributed by atoms with Crippen LogP contribution < -0.4 is 4.74 Å². The number of aromatic nitrogens is 1. The van der Waals surface area contributed by atoms with E-state index in [2.05, 4.69) is 76.9 Å². The van der Waals surface area contributed by atoms with Crippen LogP contribution in [0.25, 0.3) is 10.9 Å². The van der Waals surface area contributed by atoms with Gasteiger partial charge in [0, 0.05) is 29.2 Å². The van der Waals surface area contributed by atoms with Crippen LogP contribution in [0.1, 0.15) is 16.7 Å². The highest BCUT2D eigenvalue weighted by Crippen LogP contribution is 2.21. The van der Waals surface area contributed by atoms with E-state index >= 15 is 0 Å². The van der Waals surface area contributed by atoms with Crippen LogP contribution in [0.15, 0.2) is 85.1 Å². The highest BCUT2D eigenvalue weighted by Gasteiger charge is 2.06. The van der Waals surface area contributed by atoms with Crippen molar-refractivity contribution in [1.82, 2.24) is 4.57 Å². The summed E-state index contributed by atoms with van der Waals surface area (Å²) in [6, 6.07) is 26.4. The molecule has 0 saturated heterocycles. The molecule has 3 heteroatoms. The molecule has 0 fully saturated rings. The minimum Gasteiger partial charge on any atom is -0.497 e. The molecule has 0 aliphatic rings. The van der Waals surface area contributed by atoms with Crippen molar-refractivity contribution in [3.63, 3.8) is 0 Å². The molecule has 3 nitrogen and oxygen atoms in total. The zero-order chi connectivity index (χ0) is 21.3. The number of rotatable bonds is 5. The van der Waals surface area contributed by atoms with Gasteiger partial charge in [-0.2, -0.15) is 0 Å². The maximum absolute atomic E-state index is 5.56. The van der Waals surface area contributed by atoms with Gasteiger partial charge in [0.1, 0.15) is 19.0 Å². The van der Waals surface area contributed by atoms with E-state index < -0.39 is 0 Å². The van der Waals surface area contributed by atoms with Crippen molar-refractivity contribution in [2.24, 2.45) is 0 Å². The molecule has 0 radical (unpaired) electrons. The lowest BCUT2D eigenvalue weighted by molar-refractivity contribution is 0.204. The van der Waals surface area contributed by atoms with Crippen molar-refractivity contribution in [2.45, 2.75) is 6.54 Å². The van der Waals surface area contributed by atoms with Crippen molar-refractivity contribution >= 4 is 10.9 Å². The molecule has 0 unspecified atom stereocenters. The van der Waals surface area contributed by atoms with Crippen molar-refractivity contribution < 1.29 is 9.47 Å². The van der Waals surface area contributed by atoms with Crippen LogP contribution in [-0.2, 0) is 11.3 Å². The Morgan fingerprint density at radius 3 is 2.26 bits per heavy atom. The lowest BCUT2D eigenvalue weighted by Gasteiger charge is -2.04. The molecule has 3 aromatic carbocycles. The maximum atomic E-state index is 5.56. The van der Waals surface area contributed by atoms with Gasteiger partial charge in [0.15, 0.2) is 0 Å². The Bertz CT molecular complexity index is 1260. The summed E-state index contributed by atoms with van der Waals surface area (Å²) in [6.07, 6.45) is 2.12. The van der Waals surface area contributed by atoms with Crippen LogP contribution in [-0.4, -0.2) is 24.9 Å². The fourth-order valence-electron chi connectivity index (χ4n) is 3.35. The molecule has 0 atom stereocenters. The van der Waals surface area contributed by atoms with E-state index in [-0.39, 0.29) is 0 Å². The smallest absolute Gasteiger partial charge is 0.118 e. The minimum absolute atomic E-state index is 0.343. The fraction of sp³-hybridized carbons (Fsp3) is 0.143. The monoisotopic (exact) mass is 405 g/mol. The first-order valence-corrected chi connectivity index (χ1v) is 10.1. The van der Waals surface area contributed by atoms with Crippen LogP contribution in [0.3, 0.4) is 0 Å². The van der Waals surface area contributed by atoms with Crippen LogP contribution >= 0.6 is 0 Å². The topological polar surface area (TPSA) is 23.4 Å². The summed E-state index contributed by atoms with van der Waals surface area (Å²) < 4.78 is 12.9. The third-order valence-electron chi connectivity index (χ3n) is 4.88. The number of methoxy groups -OCH3 is 1. The molecule has 1 heterocycles. The molecule has 0 saturated carbocycles. The predicted molar refractivity (Wildman–Crippen MR) is 125 cm³/mol. The Morgan fingerprint density at radius 1 is 0.774 bits per heavy atom.